The van der Waals surface area contributed by atoms with Crippen LogP contribution in [0.1, 0.15) is 35.4 Å². The fraction of sp³-hybridized carbons (Fsp3) is 0.533. The van der Waals surface area contributed by atoms with Crippen LogP contribution in [0.25, 0.3) is 0 Å². The zero-order valence-corrected chi connectivity index (χ0v) is 13.0. The van der Waals surface area contributed by atoms with Gasteiger partial charge in [-0.05, 0) is 39.7 Å². The zero-order chi connectivity index (χ0) is 15.2. The Labute approximate surface area is 125 Å². The molecule has 0 aliphatic carbocycles. The van der Waals surface area contributed by atoms with Crippen LogP contribution in [-0.4, -0.2) is 33.6 Å². The molecule has 0 aliphatic rings. The maximum absolute atomic E-state index is 5.49. The summed E-state index contributed by atoms with van der Waals surface area (Å²) in [5, 5.41) is 8.35. The molecule has 2 rings (SSSR count). The van der Waals surface area contributed by atoms with E-state index in [1.54, 1.807) is 7.11 Å². The van der Waals surface area contributed by atoms with Gasteiger partial charge in [0.2, 0.25) is 0 Å². The van der Waals surface area contributed by atoms with Gasteiger partial charge in [-0.15, -0.1) is 5.10 Å². The predicted octanol–water partition coefficient (Wildman–Crippen LogP) is 1.63. The van der Waals surface area contributed by atoms with E-state index in [2.05, 4.69) is 15.3 Å². The highest BCUT2D eigenvalue weighted by molar-refractivity contribution is 5.41. The van der Waals surface area contributed by atoms with E-state index in [-0.39, 0.29) is 0 Å². The van der Waals surface area contributed by atoms with Crippen LogP contribution in [-0.2, 0) is 13.0 Å². The fourth-order valence-electron chi connectivity index (χ4n) is 2.36. The van der Waals surface area contributed by atoms with Crippen LogP contribution in [0.15, 0.2) is 12.4 Å². The van der Waals surface area contributed by atoms with Gasteiger partial charge in [0.25, 0.3) is 0 Å². The lowest BCUT2D eigenvalue weighted by atomic mass is 10.1. The average Bonchev–Trinajstić information content (AvgIpc) is 2.91. The first-order chi connectivity index (χ1) is 10.2. The van der Waals surface area contributed by atoms with Crippen molar-refractivity contribution in [1.29, 1.82) is 0 Å². The van der Waals surface area contributed by atoms with Gasteiger partial charge in [0.1, 0.15) is 5.75 Å². The van der Waals surface area contributed by atoms with E-state index in [4.69, 9.17) is 10.5 Å². The van der Waals surface area contributed by atoms with Crippen molar-refractivity contribution in [3.63, 3.8) is 0 Å². The Kier molecular flexibility index (Phi) is 5.27. The largest absolute Gasteiger partial charge is 0.496 e. The van der Waals surface area contributed by atoms with Crippen LogP contribution in [0.5, 0.6) is 5.75 Å². The summed E-state index contributed by atoms with van der Waals surface area (Å²) in [5.74, 6) is 0.892. The second-order valence-corrected chi connectivity index (χ2v) is 5.20. The minimum absolute atomic E-state index is 0.604. The molecule has 0 unspecified atom stereocenters. The monoisotopic (exact) mass is 289 g/mol. The summed E-state index contributed by atoms with van der Waals surface area (Å²) < 4.78 is 7.25. The van der Waals surface area contributed by atoms with Crippen molar-refractivity contribution >= 4 is 0 Å². The van der Waals surface area contributed by atoms with Crippen molar-refractivity contribution in [2.75, 3.05) is 13.7 Å². The van der Waals surface area contributed by atoms with Gasteiger partial charge in [0.15, 0.2) is 0 Å². The summed E-state index contributed by atoms with van der Waals surface area (Å²) in [4.78, 5) is 4.48. The van der Waals surface area contributed by atoms with Gasteiger partial charge in [-0.25, -0.2) is 4.68 Å². The predicted molar refractivity (Wildman–Crippen MR) is 81.4 cm³/mol. The molecular weight excluding hydrogens is 266 g/mol. The van der Waals surface area contributed by atoms with Crippen molar-refractivity contribution in [2.45, 2.75) is 39.7 Å². The van der Waals surface area contributed by atoms with Crippen LogP contribution in [0.2, 0.25) is 0 Å². The van der Waals surface area contributed by atoms with E-state index in [0.29, 0.717) is 6.54 Å². The molecule has 21 heavy (non-hydrogen) atoms. The highest BCUT2D eigenvalue weighted by Crippen LogP contribution is 2.24. The van der Waals surface area contributed by atoms with Crippen LogP contribution >= 0.6 is 0 Å². The summed E-state index contributed by atoms with van der Waals surface area (Å²) in [6.07, 6.45) is 6.79. The van der Waals surface area contributed by atoms with E-state index >= 15 is 0 Å². The second kappa shape index (κ2) is 7.17. The van der Waals surface area contributed by atoms with Gasteiger partial charge in [-0.1, -0.05) is 5.21 Å². The normalized spacial score (nSPS) is 10.9. The quantitative estimate of drug-likeness (QED) is 0.784. The van der Waals surface area contributed by atoms with Crippen molar-refractivity contribution < 1.29 is 4.74 Å². The Morgan fingerprint density at radius 2 is 2.10 bits per heavy atom. The number of aromatic nitrogens is 4. The highest BCUT2D eigenvalue weighted by atomic mass is 16.5. The van der Waals surface area contributed by atoms with Gasteiger partial charge >= 0.3 is 0 Å². The Morgan fingerprint density at radius 1 is 1.29 bits per heavy atom. The first kappa shape index (κ1) is 15.4. The summed E-state index contributed by atoms with van der Waals surface area (Å²) in [7, 11) is 1.68. The third-order valence-corrected chi connectivity index (χ3v) is 3.53. The molecule has 0 atom stereocenters. The Hall–Kier alpha value is -1.95. The van der Waals surface area contributed by atoms with Crippen LogP contribution < -0.4 is 10.5 Å². The van der Waals surface area contributed by atoms with E-state index in [1.807, 2.05) is 30.9 Å². The van der Waals surface area contributed by atoms with Crippen LogP contribution in [0.4, 0.5) is 0 Å². The molecule has 0 aliphatic heterocycles. The molecule has 2 heterocycles. The lowest BCUT2D eigenvalue weighted by Gasteiger charge is -2.11. The molecule has 2 aromatic rings. The van der Waals surface area contributed by atoms with Crippen molar-refractivity contribution in [3.05, 3.63) is 34.9 Å². The summed E-state index contributed by atoms with van der Waals surface area (Å²) in [6, 6.07) is 0. The lowest BCUT2D eigenvalue weighted by molar-refractivity contribution is 0.406. The molecule has 0 radical (unpaired) electrons. The average molecular weight is 289 g/mol. The number of rotatable bonds is 7. The van der Waals surface area contributed by atoms with Gasteiger partial charge in [-0.3, -0.25) is 4.98 Å². The van der Waals surface area contributed by atoms with Gasteiger partial charge < -0.3 is 10.5 Å². The molecule has 0 saturated heterocycles. The molecule has 0 amide bonds. The van der Waals surface area contributed by atoms with Crippen LogP contribution in [0.3, 0.4) is 0 Å². The smallest absolute Gasteiger partial charge is 0.128 e. The second-order valence-electron chi connectivity index (χ2n) is 5.20. The summed E-state index contributed by atoms with van der Waals surface area (Å²) >= 11 is 0. The summed E-state index contributed by atoms with van der Waals surface area (Å²) in [6.45, 7) is 5.34. The first-order valence-electron chi connectivity index (χ1n) is 7.23. The van der Waals surface area contributed by atoms with E-state index in [0.717, 1.165) is 54.1 Å². The Morgan fingerprint density at radius 3 is 2.81 bits per heavy atom. The molecule has 2 N–H and O–H groups in total. The molecule has 0 bridgehead atoms. The number of hydrogen-bond donors (Lipinski definition) is 1. The van der Waals surface area contributed by atoms with E-state index in [1.165, 1.54) is 0 Å². The molecule has 6 nitrogen and oxygen atoms in total. The van der Waals surface area contributed by atoms with Crippen molar-refractivity contribution in [1.82, 2.24) is 20.0 Å². The minimum Gasteiger partial charge on any atom is -0.496 e. The number of ether oxygens (including phenoxy) is 1. The van der Waals surface area contributed by atoms with Gasteiger partial charge in [0.05, 0.1) is 25.0 Å². The van der Waals surface area contributed by atoms with Gasteiger partial charge in [-0.2, -0.15) is 0 Å². The fourth-order valence-corrected chi connectivity index (χ4v) is 2.36. The molecule has 2 aromatic heterocycles. The van der Waals surface area contributed by atoms with Gasteiger partial charge in [0, 0.05) is 23.5 Å². The maximum Gasteiger partial charge on any atom is 0.128 e. The molecule has 0 aromatic carbocycles. The topological polar surface area (TPSA) is 78.9 Å². The van der Waals surface area contributed by atoms with Crippen molar-refractivity contribution in [3.8, 4) is 5.75 Å². The number of pyridine rings is 1. The third kappa shape index (κ3) is 3.78. The maximum atomic E-state index is 5.49. The number of methoxy groups -OCH3 is 1. The number of hydrogen-bond acceptors (Lipinski definition) is 5. The highest BCUT2D eigenvalue weighted by Gasteiger charge is 2.11. The Balaban J connectivity index is 2.08. The molecule has 6 heteroatoms. The third-order valence-electron chi connectivity index (χ3n) is 3.53. The SMILES string of the molecule is COc1c(C)cnc(Cn2cc(CCCCN)nn2)c1C. The molecule has 114 valence electrons. The number of nitrogens with zero attached hydrogens (tertiary/aromatic N) is 4. The Bertz CT molecular complexity index is 594. The minimum atomic E-state index is 0.604. The zero-order valence-electron chi connectivity index (χ0n) is 13.0. The molecule has 0 spiro atoms. The van der Waals surface area contributed by atoms with E-state index < -0.39 is 0 Å². The first-order valence-corrected chi connectivity index (χ1v) is 7.23. The lowest BCUT2D eigenvalue weighted by Crippen LogP contribution is -2.06. The molecular formula is C15H23N5O. The van der Waals surface area contributed by atoms with Crippen LogP contribution in [0, 0.1) is 13.8 Å². The standard InChI is InChI=1S/C15H23N5O/c1-11-8-17-14(12(2)15(11)21-3)10-20-9-13(18-19-20)6-4-5-7-16/h8-9H,4-7,10,16H2,1-3H3. The number of unbranched alkanes of at least 4 members (excludes halogenated alkanes) is 1. The van der Waals surface area contributed by atoms with E-state index in [9.17, 15) is 0 Å². The molecule has 0 fully saturated rings. The number of aryl methyl sites for hydroxylation is 2. The summed E-state index contributed by atoms with van der Waals surface area (Å²) in [5.41, 5.74) is 9.54. The van der Waals surface area contributed by atoms with Crippen molar-refractivity contribution in [2.24, 2.45) is 5.73 Å². The number of nitrogens with two attached hydrogens (primary N) is 1. The molecule has 0 saturated carbocycles.